The summed E-state index contributed by atoms with van der Waals surface area (Å²) in [6, 6.07) is -0.277. The van der Waals surface area contributed by atoms with Crippen molar-refractivity contribution in [1.82, 2.24) is 14.3 Å². The van der Waals surface area contributed by atoms with Crippen LogP contribution in [0.3, 0.4) is 0 Å². The number of carbonyl (C=O) groups is 1. The van der Waals surface area contributed by atoms with E-state index < -0.39 is 0 Å². The molecule has 18 heavy (non-hydrogen) atoms. The van der Waals surface area contributed by atoms with Crippen LogP contribution in [-0.4, -0.2) is 52.5 Å². The van der Waals surface area contributed by atoms with Crippen molar-refractivity contribution in [2.24, 2.45) is 0 Å². The average Bonchev–Trinajstić information content (AvgIpc) is 2.86. The molecule has 1 saturated heterocycles. The smallest absolute Gasteiger partial charge is 0.244 e. The van der Waals surface area contributed by atoms with Crippen molar-refractivity contribution in [3.05, 3.63) is 5.82 Å². The molecule has 1 amide bonds. The molecule has 1 unspecified atom stereocenters. The number of morpholine rings is 1. The Hall–Kier alpha value is -1.21. The Morgan fingerprint density at radius 3 is 2.89 bits per heavy atom. The van der Waals surface area contributed by atoms with E-state index in [9.17, 15) is 4.79 Å². The van der Waals surface area contributed by atoms with E-state index in [-0.39, 0.29) is 11.9 Å². The Labute approximate surface area is 111 Å². The minimum Gasteiger partial charge on any atom is -0.378 e. The molecule has 2 rings (SSSR count). The average molecular weight is 270 g/mol. The van der Waals surface area contributed by atoms with Crippen molar-refractivity contribution in [3.8, 4) is 0 Å². The van der Waals surface area contributed by atoms with Gasteiger partial charge < -0.3 is 15.0 Å². The van der Waals surface area contributed by atoms with Crippen molar-refractivity contribution < 1.29 is 9.53 Å². The third-order valence-corrected chi connectivity index (χ3v) is 3.50. The molecule has 0 aliphatic carbocycles. The van der Waals surface area contributed by atoms with Crippen LogP contribution in [0.25, 0.3) is 0 Å². The van der Waals surface area contributed by atoms with Gasteiger partial charge in [-0.15, -0.1) is 0 Å². The standard InChI is InChI=1S/C11H18N4O2S/c1-3-9-13-11(18-14-9)12-8(2)10(16)15-4-6-17-7-5-15/h8H,3-7H2,1-2H3,(H,12,13,14). The van der Waals surface area contributed by atoms with Crippen LogP contribution in [-0.2, 0) is 16.0 Å². The lowest BCUT2D eigenvalue weighted by Crippen LogP contribution is -2.46. The number of carbonyl (C=O) groups excluding carboxylic acids is 1. The minimum absolute atomic E-state index is 0.0894. The number of aromatic nitrogens is 2. The van der Waals surface area contributed by atoms with Gasteiger partial charge in [0, 0.05) is 31.0 Å². The van der Waals surface area contributed by atoms with E-state index in [0.717, 1.165) is 12.2 Å². The van der Waals surface area contributed by atoms with Gasteiger partial charge >= 0.3 is 0 Å². The molecule has 2 heterocycles. The summed E-state index contributed by atoms with van der Waals surface area (Å²) in [5.41, 5.74) is 0. The molecule has 1 aliphatic rings. The molecule has 6 nitrogen and oxygen atoms in total. The quantitative estimate of drug-likeness (QED) is 0.875. The SMILES string of the molecule is CCc1nsc(NC(C)C(=O)N2CCOCC2)n1. The van der Waals surface area contributed by atoms with Gasteiger partial charge in [0.1, 0.15) is 11.9 Å². The fourth-order valence-corrected chi connectivity index (χ4v) is 2.50. The highest BCUT2D eigenvalue weighted by atomic mass is 32.1. The molecule has 0 radical (unpaired) electrons. The monoisotopic (exact) mass is 270 g/mol. The normalized spacial score (nSPS) is 17.6. The molecule has 100 valence electrons. The van der Waals surface area contributed by atoms with Crippen LogP contribution in [0.15, 0.2) is 0 Å². The molecule has 1 aromatic rings. The summed E-state index contributed by atoms with van der Waals surface area (Å²) < 4.78 is 9.41. The number of anilines is 1. The number of rotatable bonds is 4. The second-order valence-electron chi connectivity index (χ2n) is 4.17. The highest BCUT2D eigenvalue weighted by molar-refractivity contribution is 7.09. The summed E-state index contributed by atoms with van der Waals surface area (Å²) in [6.45, 7) is 6.44. The first-order valence-corrected chi connectivity index (χ1v) is 6.93. The number of amides is 1. The Bertz CT molecular complexity index is 404. The van der Waals surface area contributed by atoms with Crippen LogP contribution in [0.5, 0.6) is 0 Å². The molecule has 0 saturated carbocycles. The summed E-state index contributed by atoms with van der Waals surface area (Å²) in [5.74, 6) is 0.903. The predicted molar refractivity (Wildman–Crippen MR) is 69.8 cm³/mol. The van der Waals surface area contributed by atoms with E-state index in [1.54, 1.807) is 0 Å². The van der Waals surface area contributed by atoms with E-state index in [1.165, 1.54) is 11.5 Å². The summed E-state index contributed by atoms with van der Waals surface area (Å²) in [4.78, 5) is 18.3. The maximum Gasteiger partial charge on any atom is 0.244 e. The first kappa shape index (κ1) is 13.2. The van der Waals surface area contributed by atoms with Crippen LogP contribution >= 0.6 is 11.5 Å². The highest BCUT2D eigenvalue weighted by Gasteiger charge is 2.22. The Morgan fingerprint density at radius 1 is 1.56 bits per heavy atom. The van der Waals surface area contributed by atoms with E-state index in [4.69, 9.17) is 4.74 Å². The molecular weight excluding hydrogens is 252 g/mol. The van der Waals surface area contributed by atoms with E-state index >= 15 is 0 Å². The molecule has 1 aliphatic heterocycles. The van der Waals surface area contributed by atoms with Crippen molar-refractivity contribution in [1.29, 1.82) is 0 Å². The topological polar surface area (TPSA) is 67.4 Å². The largest absolute Gasteiger partial charge is 0.378 e. The van der Waals surface area contributed by atoms with Gasteiger partial charge in [-0.3, -0.25) is 4.79 Å². The maximum atomic E-state index is 12.1. The molecule has 0 bridgehead atoms. The van der Waals surface area contributed by atoms with Gasteiger partial charge in [0.25, 0.3) is 0 Å². The summed E-state index contributed by atoms with van der Waals surface area (Å²) in [6.07, 6.45) is 0.809. The zero-order chi connectivity index (χ0) is 13.0. The van der Waals surface area contributed by atoms with Gasteiger partial charge in [-0.2, -0.15) is 4.37 Å². The lowest BCUT2D eigenvalue weighted by Gasteiger charge is -2.29. The fraction of sp³-hybridized carbons (Fsp3) is 0.727. The minimum atomic E-state index is -0.277. The van der Waals surface area contributed by atoms with Gasteiger partial charge in [0.05, 0.1) is 13.2 Å². The number of hydrogen-bond donors (Lipinski definition) is 1. The molecular formula is C11H18N4O2S. The van der Waals surface area contributed by atoms with Crippen LogP contribution < -0.4 is 5.32 Å². The molecule has 0 spiro atoms. The van der Waals surface area contributed by atoms with E-state index in [2.05, 4.69) is 14.7 Å². The molecule has 0 aromatic carbocycles. The molecule has 1 N–H and O–H groups in total. The zero-order valence-electron chi connectivity index (χ0n) is 10.7. The second-order valence-corrected chi connectivity index (χ2v) is 4.92. The second kappa shape index (κ2) is 6.10. The van der Waals surface area contributed by atoms with Gasteiger partial charge in [0.2, 0.25) is 11.0 Å². The lowest BCUT2D eigenvalue weighted by atomic mass is 10.2. The zero-order valence-corrected chi connectivity index (χ0v) is 11.5. The summed E-state index contributed by atoms with van der Waals surface area (Å²) in [5, 5.41) is 3.82. The van der Waals surface area contributed by atoms with E-state index in [1.807, 2.05) is 18.7 Å². The van der Waals surface area contributed by atoms with E-state index in [0.29, 0.717) is 31.4 Å². The summed E-state index contributed by atoms with van der Waals surface area (Å²) >= 11 is 1.30. The van der Waals surface area contributed by atoms with Crippen molar-refractivity contribution >= 4 is 22.6 Å². The Morgan fingerprint density at radius 2 is 2.28 bits per heavy atom. The van der Waals surface area contributed by atoms with Gasteiger partial charge in [-0.1, -0.05) is 6.92 Å². The van der Waals surface area contributed by atoms with Crippen LogP contribution in [0.2, 0.25) is 0 Å². The molecule has 7 heteroatoms. The molecule has 1 aromatic heterocycles. The molecule has 1 atom stereocenters. The molecule has 1 fully saturated rings. The number of hydrogen-bond acceptors (Lipinski definition) is 6. The predicted octanol–water partition coefficient (Wildman–Crippen LogP) is 0.760. The number of nitrogens with one attached hydrogen (secondary N) is 1. The van der Waals surface area contributed by atoms with Crippen molar-refractivity contribution in [3.63, 3.8) is 0 Å². The van der Waals surface area contributed by atoms with Gasteiger partial charge in [0.15, 0.2) is 0 Å². The third-order valence-electron chi connectivity index (χ3n) is 2.82. The van der Waals surface area contributed by atoms with Crippen molar-refractivity contribution in [2.75, 3.05) is 31.6 Å². The van der Waals surface area contributed by atoms with Crippen molar-refractivity contribution in [2.45, 2.75) is 26.3 Å². The fourth-order valence-electron chi connectivity index (χ4n) is 1.76. The Balaban J connectivity index is 1.89. The summed E-state index contributed by atoms with van der Waals surface area (Å²) in [7, 11) is 0. The maximum absolute atomic E-state index is 12.1. The van der Waals surface area contributed by atoms with Gasteiger partial charge in [-0.05, 0) is 6.92 Å². The number of ether oxygens (including phenoxy) is 1. The Kier molecular flexibility index (Phi) is 4.48. The van der Waals surface area contributed by atoms with Crippen LogP contribution in [0, 0.1) is 0 Å². The van der Waals surface area contributed by atoms with Gasteiger partial charge in [-0.25, -0.2) is 4.98 Å². The number of aryl methyl sites for hydroxylation is 1. The number of nitrogens with zero attached hydrogens (tertiary/aromatic N) is 3. The highest BCUT2D eigenvalue weighted by Crippen LogP contribution is 2.13. The first-order valence-electron chi connectivity index (χ1n) is 6.16. The third kappa shape index (κ3) is 3.17. The first-order chi connectivity index (χ1) is 8.70. The van der Waals surface area contributed by atoms with Crippen LogP contribution in [0.1, 0.15) is 19.7 Å². The lowest BCUT2D eigenvalue weighted by molar-refractivity contribution is -0.135. The van der Waals surface area contributed by atoms with Crippen LogP contribution in [0.4, 0.5) is 5.13 Å².